The predicted octanol–water partition coefficient (Wildman–Crippen LogP) is 3.40. The molecule has 3 heteroatoms. The van der Waals surface area contributed by atoms with E-state index in [1.54, 1.807) is 0 Å². The second-order valence-electron chi connectivity index (χ2n) is 5.37. The second-order valence-corrected chi connectivity index (χ2v) is 5.37. The fraction of sp³-hybridized carbons (Fsp3) is 0.0526. The van der Waals surface area contributed by atoms with Crippen molar-refractivity contribution in [1.82, 2.24) is 4.57 Å². The quantitative estimate of drug-likeness (QED) is 0.464. The molecule has 0 saturated carbocycles. The SMILES string of the molecule is Cn1cc2c3ccccc3c(=C(C#N)C#N)c3cccc1c32. The molecule has 3 nitrogen and oxygen atoms in total. The third-order valence-corrected chi connectivity index (χ3v) is 4.24. The van der Waals surface area contributed by atoms with Gasteiger partial charge in [-0.1, -0.05) is 36.4 Å². The first-order valence-electron chi connectivity index (χ1n) is 6.99. The van der Waals surface area contributed by atoms with Crippen LogP contribution in [0, 0.1) is 22.7 Å². The molecular formula is C19H11N3. The summed E-state index contributed by atoms with van der Waals surface area (Å²) in [7, 11) is 2.02. The van der Waals surface area contributed by atoms with Crippen LogP contribution >= 0.6 is 0 Å². The molecule has 4 rings (SSSR count). The third-order valence-electron chi connectivity index (χ3n) is 4.24. The Bertz CT molecular complexity index is 1180. The molecule has 0 aliphatic rings. The van der Waals surface area contributed by atoms with Crippen LogP contribution in [0.4, 0.5) is 0 Å². The minimum atomic E-state index is 0.162. The number of nitrogens with zero attached hydrogens (tertiary/aromatic N) is 3. The minimum Gasteiger partial charge on any atom is -0.350 e. The van der Waals surface area contributed by atoms with Crippen molar-refractivity contribution in [2.45, 2.75) is 0 Å². The summed E-state index contributed by atoms with van der Waals surface area (Å²) in [5.74, 6) is 0. The zero-order chi connectivity index (χ0) is 15.3. The van der Waals surface area contributed by atoms with E-state index < -0.39 is 0 Å². The van der Waals surface area contributed by atoms with Crippen LogP contribution in [0.15, 0.2) is 48.7 Å². The van der Waals surface area contributed by atoms with Crippen LogP contribution in [0.3, 0.4) is 0 Å². The van der Waals surface area contributed by atoms with E-state index in [1.165, 1.54) is 0 Å². The number of fused-ring (bicyclic) bond motifs is 2. The van der Waals surface area contributed by atoms with Crippen LogP contribution in [0.1, 0.15) is 0 Å². The molecule has 0 amide bonds. The highest BCUT2D eigenvalue weighted by atomic mass is 14.9. The van der Waals surface area contributed by atoms with E-state index in [-0.39, 0.29) is 5.57 Å². The van der Waals surface area contributed by atoms with Gasteiger partial charge in [0.05, 0.1) is 0 Å². The summed E-state index contributed by atoms with van der Waals surface area (Å²) >= 11 is 0. The Morgan fingerprint density at radius 2 is 1.55 bits per heavy atom. The summed E-state index contributed by atoms with van der Waals surface area (Å²) < 4.78 is 2.09. The van der Waals surface area contributed by atoms with E-state index in [1.807, 2.05) is 43.4 Å². The molecule has 4 aromatic rings. The highest BCUT2D eigenvalue weighted by Gasteiger charge is 2.14. The molecule has 1 aromatic heterocycles. The Balaban J connectivity index is 2.54. The number of aromatic nitrogens is 1. The molecule has 0 N–H and O–H groups in total. The van der Waals surface area contributed by atoms with Gasteiger partial charge in [-0.2, -0.15) is 10.5 Å². The van der Waals surface area contributed by atoms with Crippen molar-refractivity contribution in [1.29, 1.82) is 10.5 Å². The Kier molecular flexibility index (Phi) is 2.46. The lowest BCUT2D eigenvalue weighted by Gasteiger charge is -2.06. The normalized spacial score (nSPS) is 10.9. The number of hydrogen-bond acceptors (Lipinski definition) is 2. The maximum atomic E-state index is 9.38. The first-order chi connectivity index (χ1) is 10.8. The van der Waals surface area contributed by atoms with Crippen molar-refractivity contribution in [2.24, 2.45) is 7.05 Å². The zero-order valence-electron chi connectivity index (χ0n) is 12.0. The van der Waals surface area contributed by atoms with Crippen LogP contribution in [0.2, 0.25) is 0 Å². The molecule has 0 unspecified atom stereocenters. The fourth-order valence-corrected chi connectivity index (χ4v) is 3.34. The molecule has 22 heavy (non-hydrogen) atoms. The second kappa shape index (κ2) is 4.35. The molecule has 0 radical (unpaired) electrons. The largest absolute Gasteiger partial charge is 0.350 e. The summed E-state index contributed by atoms with van der Waals surface area (Å²) in [6.45, 7) is 0. The van der Waals surface area contributed by atoms with E-state index in [0.717, 1.165) is 37.7 Å². The Hall–Kier alpha value is -3.30. The Morgan fingerprint density at radius 3 is 2.27 bits per heavy atom. The highest BCUT2D eigenvalue weighted by Crippen LogP contribution is 2.32. The van der Waals surface area contributed by atoms with Gasteiger partial charge in [0.1, 0.15) is 17.7 Å². The van der Waals surface area contributed by atoms with Gasteiger partial charge in [-0.3, -0.25) is 0 Å². The van der Waals surface area contributed by atoms with Crippen molar-refractivity contribution in [2.75, 3.05) is 0 Å². The average Bonchev–Trinajstić information content (AvgIpc) is 2.90. The molecule has 0 aliphatic carbocycles. The lowest BCUT2D eigenvalue weighted by Crippen LogP contribution is -2.08. The molecule has 0 saturated heterocycles. The van der Waals surface area contributed by atoms with Crippen LogP contribution in [0.5, 0.6) is 0 Å². The fourth-order valence-electron chi connectivity index (χ4n) is 3.34. The number of hydrogen-bond donors (Lipinski definition) is 0. The van der Waals surface area contributed by atoms with Crippen molar-refractivity contribution >= 4 is 38.0 Å². The summed E-state index contributed by atoms with van der Waals surface area (Å²) in [5.41, 5.74) is 1.27. The van der Waals surface area contributed by atoms with E-state index in [0.29, 0.717) is 0 Å². The van der Waals surface area contributed by atoms with Crippen molar-refractivity contribution in [3.05, 3.63) is 53.9 Å². The molecule has 0 fully saturated rings. The lowest BCUT2D eigenvalue weighted by molar-refractivity contribution is 0.974. The van der Waals surface area contributed by atoms with E-state index in [2.05, 4.69) is 29.0 Å². The standard InChI is InChI=1S/C19H11N3/c1-22-11-16-13-5-2-3-6-14(13)18(12(9-20)10-21)15-7-4-8-17(22)19(15)16/h2-8,11H,1H3. The van der Waals surface area contributed by atoms with Crippen LogP contribution in [-0.2, 0) is 7.05 Å². The van der Waals surface area contributed by atoms with E-state index in [4.69, 9.17) is 0 Å². The monoisotopic (exact) mass is 281 g/mol. The Labute approximate surface area is 126 Å². The summed E-state index contributed by atoms with van der Waals surface area (Å²) in [5, 5.41) is 24.7. The summed E-state index contributed by atoms with van der Waals surface area (Å²) in [4.78, 5) is 0. The smallest absolute Gasteiger partial charge is 0.138 e. The zero-order valence-corrected chi connectivity index (χ0v) is 12.0. The highest BCUT2D eigenvalue weighted by molar-refractivity contribution is 6.22. The van der Waals surface area contributed by atoms with Gasteiger partial charge in [0.2, 0.25) is 0 Å². The maximum absolute atomic E-state index is 9.38. The molecule has 102 valence electrons. The topological polar surface area (TPSA) is 52.5 Å². The van der Waals surface area contributed by atoms with Gasteiger partial charge in [0.25, 0.3) is 0 Å². The number of rotatable bonds is 0. The molecule has 0 atom stereocenters. The van der Waals surface area contributed by atoms with Gasteiger partial charge < -0.3 is 4.57 Å². The summed E-state index contributed by atoms with van der Waals surface area (Å²) in [6.07, 6.45) is 2.11. The number of nitriles is 2. The number of benzene rings is 3. The minimum absolute atomic E-state index is 0.162. The van der Waals surface area contributed by atoms with Crippen LogP contribution < -0.4 is 5.22 Å². The lowest BCUT2D eigenvalue weighted by atomic mass is 9.95. The molecule has 0 bridgehead atoms. The van der Waals surface area contributed by atoms with Crippen molar-refractivity contribution in [3.8, 4) is 12.1 Å². The summed E-state index contributed by atoms with van der Waals surface area (Å²) in [6, 6.07) is 18.1. The van der Waals surface area contributed by atoms with Gasteiger partial charge in [0, 0.05) is 34.8 Å². The number of aryl methyl sites for hydroxylation is 1. The van der Waals surface area contributed by atoms with Crippen LogP contribution in [0.25, 0.3) is 38.0 Å². The molecule has 3 aromatic carbocycles. The molecule has 1 heterocycles. The van der Waals surface area contributed by atoms with Gasteiger partial charge in [0.15, 0.2) is 0 Å². The van der Waals surface area contributed by atoms with Gasteiger partial charge in [-0.15, -0.1) is 0 Å². The molecular weight excluding hydrogens is 270 g/mol. The van der Waals surface area contributed by atoms with E-state index in [9.17, 15) is 10.5 Å². The maximum Gasteiger partial charge on any atom is 0.138 e. The van der Waals surface area contributed by atoms with Crippen molar-refractivity contribution < 1.29 is 0 Å². The van der Waals surface area contributed by atoms with Crippen molar-refractivity contribution in [3.63, 3.8) is 0 Å². The van der Waals surface area contributed by atoms with Gasteiger partial charge >= 0.3 is 0 Å². The predicted molar refractivity (Wildman–Crippen MR) is 87.8 cm³/mol. The third kappa shape index (κ3) is 1.43. The van der Waals surface area contributed by atoms with Gasteiger partial charge in [-0.05, 0) is 22.2 Å². The van der Waals surface area contributed by atoms with Crippen LogP contribution in [-0.4, -0.2) is 4.57 Å². The van der Waals surface area contributed by atoms with Gasteiger partial charge in [-0.25, -0.2) is 0 Å². The first kappa shape index (κ1) is 12.4. The molecule has 0 spiro atoms. The average molecular weight is 281 g/mol. The first-order valence-corrected chi connectivity index (χ1v) is 6.99. The molecule has 0 aliphatic heterocycles. The Morgan fingerprint density at radius 1 is 0.864 bits per heavy atom. The van der Waals surface area contributed by atoms with E-state index >= 15 is 0 Å².